The fraction of sp³-hybridized carbons (Fsp3) is 0.412. The first-order chi connectivity index (χ1) is 12.1. The Morgan fingerprint density at radius 3 is 2.84 bits per heavy atom. The predicted molar refractivity (Wildman–Crippen MR) is 88.4 cm³/mol. The number of hydrogen-bond donors (Lipinski definition) is 2. The molecule has 0 aromatic carbocycles. The van der Waals surface area contributed by atoms with Gasteiger partial charge in [0.25, 0.3) is 5.91 Å². The number of aliphatic carboxylic acids is 1. The molecule has 8 nitrogen and oxygen atoms in total. The van der Waals surface area contributed by atoms with Crippen molar-refractivity contribution in [3.8, 4) is 5.69 Å². The highest BCUT2D eigenvalue weighted by atomic mass is 16.5. The van der Waals surface area contributed by atoms with E-state index in [1.54, 1.807) is 35.3 Å². The van der Waals surface area contributed by atoms with Crippen LogP contribution in [0.15, 0.2) is 36.8 Å². The third-order valence-corrected chi connectivity index (χ3v) is 4.38. The predicted octanol–water partition coefficient (Wildman–Crippen LogP) is 1.12. The Bertz CT molecular complexity index is 726. The maximum absolute atomic E-state index is 12.4. The van der Waals surface area contributed by atoms with Gasteiger partial charge in [-0.15, -0.1) is 0 Å². The molecule has 2 aromatic rings. The Kier molecular flexibility index (Phi) is 5.39. The Labute approximate surface area is 144 Å². The molecule has 0 saturated carbocycles. The molecule has 1 aliphatic heterocycles. The van der Waals surface area contributed by atoms with Crippen LogP contribution in [-0.2, 0) is 9.53 Å². The van der Waals surface area contributed by atoms with Crippen LogP contribution in [-0.4, -0.2) is 51.5 Å². The van der Waals surface area contributed by atoms with Crippen molar-refractivity contribution in [1.82, 2.24) is 20.1 Å². The number of carbonyl (C=O) groups excluding carboxylic acids is 1. The standard InChI is InChI=1S/C17H20N4O4/c22-16(15-10-13(2-6-18-15)21-7-1-5-20-21)19-11-14(17(23)24)12-3-8-25-9-4-12/h1-2,5-7,10,12,14H,3-4,8-9,11H2,(H,19,22)(H,23,24). The molecule has 1 amide bonds. The molecule has 3 rings (SSSR count). The first-order valence-corrected chi connectivity index (χ1v) is 8.20. The summed E-state index contributed by atoms with van der Waals surface area (Å²) in [6, 6.07) is 5.14. The quantitative estimate of drug-likeness (QED) is 0.813. The van der Waals surface area contributed by atoms with Gasteiger partial charge in [-0.3, -0.25) is 14.6 Å². The summed E-state index contributed by atoms with van der Waals surface area (Å²) < 4.78 is 6.90. The van der Waals surface area contributed by atoms with E-state index in [4.69, 9.17) is 4.74 Å². The third kappa shape index (κ3) is 4.21. The van der Waals surface area contributed by atoms with Gasteiger partial charge in [0, 0.05) is 38.3 Å². The lowest BCUT2D eigenvalue weighted by molar-refractivity contribution is -0.144. The molecule has 1 atom stereocenters. The van der Waals surface area contributed by atoms with Crippen LogP contribution in [0.3, 0.4) is 0 Å². The van der Waals surface area contributed by atoms with Gasteiger partial charge in [-0.1, -0.05) is 0 Å². The Hall–Kier alpha value is -2.74. The highest BCUT2D eigenvalue weighted by Crippen LogP contribution is 2.23. The first kappa shape index (κ1) is 17.1. The fourth-order valence-corrected chi connectivity index (χ4v) is 2.97. The van der Waals surface area contributed by atoms with E-state index in [1.807, 2.05) is 0 Å². The van der Waals surface area contributed by atoms with E-state index in [0.29, 0.717) is 31.7 Å². The number of carboxylic acids is 1. The number of amides is 1. The molecule has 8 heteroatoms. The number of aromatic nitrogens is 3. The largest absolute Gasteiger partial charge is 0.481 e. The Morgan fingerprint density at radius 1 is 1.36 bits per heavy atom. The summed E-state index contributed by atoms with van der Waals surface area (Å²) in [6.07, 6.45) is 6.33. The molecule has 0 radical (unpaired) electrons. The summed E-state index contributed by atoms with van der Waals surface area (Å²) in [5, 5.41) is 16.3. The molecule has 1 fully saturated rings. The fourth-order valence-electron chi connectivity index (χ4n) is 2.97. The van der Waals surface area contributed by atoms with E-state index in [1.165, 1.54) is 6.20 Å². The van der Waals surface area contributed by atoms with Crippen molar-refractivity contribution < 1.29 is 19.4 Å². The molecule has 3 heterocycles. The number of nitrogens with one attached hydrogen (secondary N) is 1. The van der Waals surface area contributed by atoms with Crippen molar-refractivity contribution >= 4 is 11.9 Å². The van der Waals surface area contributed by atoms with Crippen LogP contribution in [0.2, 0.25) is 0 Å². The van der Waals surface area contributed by atoms with E-state index in [0.717, 1.165) is 0 Å². The van der Waals surface area contributed by atoms with E-state index in [-0.39, 0.29) is 18.2 Å². The van der Waals surface area contributed by atoms with Crippen LogP contribution in [0.1, 0.15) is 23.3 Å². The highest BCUT2D eigenvalue weighted by Gasteiger charge is 2.30. The second-order valence-corrected chi connectivity index (χ2v) is 5.95. The average molecular weight is 344 g/mol. The summed E-state index contributed by atoms with van der Waals surface area (Å²) >= 11 is 0. The second kappa shape index (κ2) is 7.89. The number of nitrogens with zero attached hydrogens (tertiary/aromatic N) is 3. The zero-order valence-electron chi connectivity index (χ0n) is 13.7. The molecule has 1 aliphatic rings. The maximum atomic E-state index is 12.4. The number of rotatable bonds is 6. The minimum atomic E-state index is -0.898. The number of carboxylic acid groups (broad SMARTS) is 1. The van der Waals surface area contributed by atoms with Crippen LogP contribution in [0.5, 0.6) is 0 Å². The van der Waals surface area contributed by atoms with Gasteiger partial charge in [0.1, 0.15) is 5.69 Å². The maximum Gasteiger partial charge on any atom is 0.308 e. The van der Waals surface area contributed by atoms with Crippen molar-refractivity contribution in [3.63, 3.8) is 0 Å². The number of carbonyl (C=O) groups is 2. The second-order valence-electron chi connectivity index (χ2n) is 5.95. The van der Waals surface area contributed by atoms with Gasteiger partial charge < -0.3 is 15.2 Å². The first-order valence-electron chi connectivity index (χ1n) is 8.20. The van der Waals surface area contributed by atoms with Crippen molar-refractivity contribution in [2.45, 2.75) is 12.8 Å². The van der Waals surface area contributed by atoms with E-state index < -0.39 is 17.8 Å². The van der Waals surface area contributed by atoms with Gasteiger partial charge in [0.15, 0.2) is 0 Å². The molecule has 132 valence electrons. The zero-order chi connectivity index (χ0) is 17.6. The molecule has 0 spiro atoms. The molecular weight excluding hydrogens is 324 g/mol. The summed E-state index contributed by atoms with van der Waals surface area (Å²) in [4.78, 5) is 28.0. The summed E-state index contributed by atoms with van der Waals surface area (Å²) in [5.41, 5.74) is 0.938. The number of ether oxygens (including phenoxy) is 1. The lowest BCUT2D eigenvalue weighted by Crippen LogP contribution is -2.39. The van der Waals surface area contributed by atoms with Crippen molar-refractivity contribution in [1.29, 1.82) is 0 Å². The number of pyridine rings is 1. The van der Waals surface area contributed by atoms with Crippen LogP contribution >= 0.6 is 0 Å². The lowest BCUT2D eigenvalue weighted by Gasteiger charge is -2.27. The molecule has 2 N–H and O–H groups in total. The SMILES string of the molecule is O=C(NCC(C(=O)O)C1CCOCC1)c1cc(-n2cccn2)ccn1. The monoisotopic (exact) mass is 344 g/mol. The van der Waals surface area contributed by atoms with Gasteiger partial charge in [0.05, 0.1) is 11.6 Å². The molecule has 1 unspecified atom stereocenters. The van der Waals surface area contributed by atoms with Crippen LogP contribution in [0.4, 0.5) is 0 Å². The summed E-state index contributed by atoms with van der Waals surface area (Å²) in [6.45, 7) is 1.21. The normalized spacial score (nSPS) is 16.3. The van der Waals surface area contributed by atoms with Crippen molar-refractivity contribution in [2.75, 3.05) is 19.8 Å². The zero-order valence-corrected chi connectivity index (χ0v) is 13.7. The van der Waals surface area contributed by atoms with E-state index in [2.05, 4.69) is 15.4 Å². The molecule has 25 heavy (non-hydrogen) atoms. The summed E-state index contributed by atoms with van der Waals surface area (Å²) in [7, 11) is 0. The molecule has 0 bridgehead atoms. The van der Waals surface area contributed by atoms with Gasteiger partial charge in [-0.05, 0) is 37.0 Å². The van der Waals surface area contributed by atoms with Gasteiger partial charge in [0.2, 0.25) is 0 Å². The van der Waals surface area contributed by atoms with Crippen LogP contribution < -0.4 is 5.32 Å². The van der Waals surface area contributed by atoms with Gasteiger partial charge in [-0.25, -0.2) is 4.68 Å². The van der Waals surface area contributed by atoms with Crippen molar-refractivity contribution in [2.24, 2.45) is 11.8 Å². The van der Waals surface area contributed by atoms with Crippen molar-refractivity contribution in [3.05, 3.63) is 42.5 Å². The Morgan fingerprint density at radius 2 is 2.16 bits per heavy atom. The molecule has 1 saturated heterocycles. The third-order valence-electron chi connectivity index (χ3n) is 4.38. The minimum Gasteiger partial charge on any atom is -0.481 e. The minimum absolute atomic E-state index is 0.00918. The van der Waals surface area contributed by atoms with E-state index >= 15 is 0 Å². The average Bonchev–Trinajstić information content (AvgIpc) is 3.17. The molecule has 2 aromatic heterocycles. The lowest BCUT2D eigenvalue weighted by atomic mass is 9.86. The van der Waals surface area contributed by atoms with E-state index in [9.17, 15) is 14.7 Å². The van der Waals surface area contributed by atoms with Gasteiger partial charge in [-0.2, -0.15) is 5.10 Å². The number of hydrogen-bond acceptors (Lipinski definition) is 5. The van der Waals surface area contributed by atoms with Crippen LogP contribution in [0, 0.1) is 11.8 Å². The smallest absolute Gasteiger partial charge is 0.308 e. The molecule has 0 aliphatic carbocycles. The van der Waals surface area contributed by atoms with Crippen LogP contribution in [0.25, 0.3) is 5.69 Å². The summed E-state index contributed by atoms with van der Waals surface area (Å²) in [5.74, 6) is -1.91. The topological polar surface area (TPSA) is 106 Å². The highest BCUT2D eigenvalue weighted by molar-refractivity contribution is 5.93. The Balaban J connectivity index is 1.65. The van der Waals surface area contributed by atoms with Gasteiger partial charge >= 0.3 is 5.97 Å². The molecular formula is C17H20N4O4.